The number of ether oxygens (including phenoxy) is 1. The second-order valence-electron chi connectivity index (χ2n) is 6.34. The van der Waals surface area contributed by atoms with Gasteiger partial charge in [-0.1, -0.05) is 13.8 Å². The first-order valence-electron chi connectivity index (χ1n) is 6.96. The quantitative estimate of drug-likeness (QED) is 0.803. The van der Waals surface area contributed by atoms with E-state index in [9.17, 15) is 0 Å². The summed E-state index contributed by atoms with van der Waals surface area (Å²) in [6, 6.07) is 0. The molecule has 1 aliphatic rings. The van der Waals surface area contributed by atoms with E-state index in [4.69, 9.17) is 10.5 Å². The molecule has 0 aliphatic carbocycles. The summed E-state index contributed by atoms with van der Waals surface area (Å²) < 4.78 is 5.61. The van der Waals surface area contributed by atoms with Crippen LogP contribution in [0.15, 0.2) is 0 Å². The van der Waals surface area contributed by atoms with Crippen molar-refractivity contribution in [3.8, 4) is 0 Å². The van der Waals surface area contributed by atoms with Gasteiger partial charge in [-0.05, 0) is 51.6 Å². The normalized spacial score (nSPS) is 25.2. The highest BCUT2D eigenvalue weighted by molar-refractivity contribution is 4.90. The highest BCUT2D eigenvalue weighted by Gasteiger charge is 2.33. The lowest BCUT2D eigenvalue weighted by Gasteiger charge is -2.40. The van der Waals surface area contributed by atoms with E-state index in [2.05, 4.69) is 25.7 Å². The molecule has 1 saturated heterocycles. The van der Waals surface area contributed by atoms with Gasteiger partial charge in [0.2, 0.25) is 0 Å². The standard InChI is InChI=1S/C14H30N2O/c1-5-17-12-14(4,11-15)16-9-6-7-13(2,3)8-10-16/h5-12,15H2,1-4H3. The highest BCUT2D eigenvalue weighted by atomic mass is 16.5. The van der Waals surface area contributed by atoms with Crippen LogP contribution in [0.4, 0.5) is 0 Å². The van der Waals surface area contributed by atoms with Crippen LogP contribution in [0.25, 0.3) is 0 Å². The van der Waals surface area contributed by atoms with Crippen molar-refractivity contribution in [1.29, 1.82) is 0 Å². The summed E-state index contributed by atoms with van der Waals surface area (Å²) in [5.74, 6) is 0. The van der Waals surface area contributed by atoms with E-state index in [0.717, 1.165) is 26.3 Å². The zero-order valence-corrected chi connectivity index (χ0v) is 12.1. The Hall–Kier alpha value is -0.120. The second kappa shape index (κ2) is 6.17. The predicted molar refractivity (Wildman–Crippen MR) is 73.2 cm³/mol. The van der Waals surface area contributed by atoms with Crippen molar-refractivity contribution in [2.75, 3.05) is 32.8 Å². The van der Waals surface area contributed by atoms with Crippen LogP contribution >= 0.6 is 0 Å². The number of rotatable bonds is 5. The molecule has 2 N–H and O–H groups in total. The van der Waals surface area contributed by atoms with Gasteiger partial charge in [0, 0.05) is 13.2 Å². The van der Waals surface area contributed by atoms with Crippen LogP contribution in [-0.4, -0.2) is 43.3 Å². The first-order chi connectivity index (χ1) is 7.93. The SMILES string of the molecule is CCOCC(C)(CN)N1CCCC(C)(C)CC1. The summed E-state index contributed by atoms with van der Waals surface area (Å²) in [5, 5.41) is 0. The zero-order chi connectivity index (χ0) is 12.9. The third-order valence-electron chi connectivity index (χ3n) is 4.16. The Morgan fingerprint density at radius 1 is 1.29 bits per heavy atom. The number of hydrogen-bond donors (Lipinski definition) is 1. The molecule has 0 aromatic rings. The van der Waals surface area contributed by atoms with Gasteiger partial charge in [-0.2, -0.15) is 0 Å². The Balaban J connectivity index is 2.62. The molecule has 0 radical (unpaired) electrons. The largest absolute Gasteiger partial charge is 0.380 e. The number of likely N-dealkylation sites (tertiary alicyclic amines) is 1. The lowest BCUT2D eigenvalue weighted by molar-refractivity contribution is 0.0107. The highest BCUT2D eigenvalue weighted by Crippen LogP contribution is 2.32. The fourth-order valence-electron chi connectivity index (χ4n) is 2.56. The first-order valence-corrected chi connectivity index (χ1v) is 6.96. The third kappa shape index (κ3) is 4.23. The molecule has 0 spiro atoms. The number of nitrogens with zero attached hydrogens (tertiary/aromatic N) is 1. The maximum Gasteiger partial charge on any atom is 0.0659 e. The number of nitrogens with two attached hydrogens (primary N) is 1. The maximum atomic E-state index is 5.98. The summed E-state index contributed by atoms with van der Waals surface area (Å²) >= 11 is 0. The monoisotopic (exact) mass is 242 g/mol. The van der Waals surface area contributed by atoms with Gasteiger partial charge < -0.3 is 10.5 Å². The molecule has 1 unspecified atom stereocenters. The summed E-state index contributed by atoms with van der Waals surface area (Å²) in [4.78, 5) is 2.54. The topological polar surface area (TPSA) is 38.5 Å². The van der Waals surface area contributed by atoms with E-state index >= 15 is 0 Å². The van der Waals surface area contributed by atoms with E-state index in [1.807, 2.05) is 6.92 Å². The van der Waals surface area contributed by atoms with E-state index in [0.29, 0.717) is 12.0 Å². The molecule has 0 saturated carbocycles. The molecule has 0 aromatic heterocycles. The smallest absolute Gasteiger partial charge is 0.0659 e. The molecule has 1 rings (SSSR count). The molecular weight excluding hydrogens is 212 g/mol. The van der Waals surface area contributed by atoms with Crippen LogP contribution in [0, 0.1) is 5.41 Å². The van der Waals surface area contributed by atoms with Crippen LogP contribution in [0.3, 0.4) is 0 Å². The molecule has 0 amide bonds. The molecule has 1 aliphatic heterocycles. The van der Waals surface area contributed by atoms with Crippen LogP contribution < -0.4 is 5.73 Å². The minimum atomic E-state index is 0.0103. The number of hydrogen-bond acceptors (Lipinski definition) is 3. The van der Waals surface area contributed by atoms with Gasteiger partial charge in [-0.15, -0.1) is 0 Å². The molecule has 1 fully saturated rings. The average Bonchev–Trinajstić information content (AvgIpc) is 2.47. The summed E-state index contributed by atoms with van der Waals surface area (Å²) in [7, 11) is 0. The van der Waals surface area contributed by atoms with Crippen LogP contribution in [0.2, 0.25) is 0 Å². The Morgan fingerprint density at radius 2 is 2.00 bits per heavy atom. The molecule has 0 aromatic carbocycles. The van der Waals surface area contributed by atoms with Crippen molar-refractivity contribution in [3.63, 3.8) is 0 Å². The molecule has 1 heterocycles. The Morgan fingerprint density at radius 3 is 2.59 bits per heavy atom. The first kappa shape index (κ1) is 14.9. The van der Waals surface area contributed by atoms with Gasteiger partial charge in [0.25, 0.3) is 0 Å². The molecule has 1 atom stereocenters. The van der Waals surface area contributed by atoms with Crippen molar-refractivity contribution in [1.82, 2.24) is 4.90 Å². The van der Waals surface area contributed by atoms with Gasteiger partial charge in [-0.25, -0.2) is 0 Å². The lowest BCUT2D eigenvalue weighted by atomic mass is 9.85. The van der Waals surface area contributed by atoms with Crippen LogP contribution in [0.5, 0.6) is 0 Å². The maximum absolute atomic E-state index is 5.98. The fraction of sp³-hybridized carbons (Fsp3) is 1.00. The molecule has 3 heteroatoms. The second-order valence-corrected chi connectivity index (χ2v) is 6.34. The van der Waals surface area contributed by atoms with Crippen molar-refractivity contribution in [2.45, 2.75) is 52.5 Å². The van der Waals surface area contributed by atoms with Crippen molar-refractivity contribution < 1.29 is 4.74 Å². The van der Waals surface area contributed by atoms with Crippen LogP contribution in [-0.2, 0) is 4.74 Å². The van der Waals surface area contributed by atoms with Gasteiger partial charge in [0.05, 0.1) is 12.1 Å². The van der Waals surface area contributed by atoms with Gasteiger partial charge in [0.15, 0.2) is 0 Å². The summed E-state index contributed by atoms with van der Waals surface area (Å²) in [5.41, 5.74) is 6.47. The molecule has 0 bridgehead atoms. The van der Waals surface area contributed by atoms with Gasteiger partial charge >= 0.3 is 0 Å². The minimum absolute atomic E-state index is 0.0103. The van der Waals surface area contributed by atoms with Gasteiger partial charge in [0.1, 0.15) is 0 Å². The third-order valence-corrected chi connectivity index (χ3v) is 4.16. The lowest BCUT2D eigenvalue weighted by Crippen LogP contribution is -2.55. The van der Waals surface area contributed by atoms with E-state index in [1.165, 1.54) is 19.3 Å². The fourth-order valence-corrected chi connectivity index (χ4v) is 2.56. The van der Waals surface area contributed by atoms with E-state index in [1.54, 1.807) is 0 Å². The zero-order valence-electron chi connectivity index (χ0n) is 12.1. The van der Waals surface area contributed by atoms with E-state index in [-0.39, 0.29) is 5.54 Å². The molecule has 102 valence electrons. The Kier molecular flexibility index (Phi) is 5.42. The average molecular weight is 242 g/mol. The molecular formula is C14H30N2O. The summed E-state index contributed by atoms with van der Waals surface area (Å²) in [6.07, 6.45) is 3.85. The Labute approximate surface area is 107 Å². The predicted octanol–water partition coefficient (Wildman–Crippen LogP) is 2.25. The minimum Gasteiger partial charge on any atom is -0.380 e. The van der Waals surface area contributed by atoms with Crippen molar-refractivity contribution in [3.05, 3.63) is 0 Å². The molecule has 17 heavy (non-hydrogen) atoms. The van der Waals surface area contributed by atoms with E-state index < -0.39 is 0 Å². The summed E-state index contributed by atoms with van der Waals surface area (Å²) in [6.45, 7) is 13.5. The Bertz CT molecular complexity index is 230. The van der Waals surface area contributed by atoms with Crippen molar-refractivity contribution >= 4 is 0 Å². The van der Waals surface area contributed by atoms with Crippen molar-refractivity contribution in [2.24, 2.45) is 11.1 Å². The molecule has 3 nitrogen and oxygen atoms in total. The van der Waals surface area contributed by atoms with Gasteiger partial charge in [-0.3, -0.25) is 4.90 Å². The van der Waals surface area contributed by atoms with Crippen LogP contribution in [0.1, 0.15) is 47.0 Å².